The first kappa shape index (κ1) is 15.5. The largest absolute Gasteiger partial charge is 0.388 e. The van der Waals surface area contributed by atoms with Crippen LogP contribution in [0.25, 0.3) is 0 Å². The van der Waals surface area contributed by atoms with Crippen molar-refractivity contribution in [3.63, 3.8) is 0 Å². The Bertz CT molecular complexity index is 598. The van der Waals surface area contributed by atoms with Crippen molar-refractivity contribution in [2.75, 3.05) is 0 Å². The number of benzene rings is 1. The van der Waals surface area contributed by atoms with Gasteiger partial charge in [-0.2, -0.15) is 5.10 Å². The van der Waals surface area contributed by atoms with E-state index in [2.05, 4.69) is 40.9 Å². The first-order valence-corrected chi connectivity index (χ1v) is 7.91. The average molecular weight is 358 g/mol. The van der Waals surface area contributed by atoms with Gasteiger partial charge in [0.15, 0.2) is 0 Å². The number of aliphatic hydroxyl groups excluding tert-OH is 1. The number of hydrogen-bond donors (Lipinski definition) is 1. The summed E-state index contributed by atoms with van der Waals surface area (Å²) in [6.07, 6.45) is 0.775. The van der Waals surface area contributed by atoms with Gasteiger partial charge < -0.3 is 5.11 Å². The van der Waals surface area contributed by atoms with E-state index in [-0.39, 0.29) is 0 Å². The Morgan fingerprint density at radius 3 is 2.80 bits per heavy atom. The number of hydrogen-bond acceptors (Lipinski definition) is 2. The Morgan fingerprint density at radius 2 is 2.15 bits per heavy atom. The molecular weight excluding hydrogens is 340 g/mol. The second-order valence-corrected chi connectivity index (χ2v) is 5.89. The molecule has 1 heterocycles. The maximum atomic E-state index is 10.4. The highest BCUT2D eigenvalue weighted by Crippen LogP contribution is 2.31. The van der Waals surface area contributed by atoms with Crippen LogP contribution in [0.2, 0.25) is 5.02 Å². The van der Waals surface area contributed by atoms with Crippen molar-refractivity contribution in [2.24, 2.45) is 0 Å². The highest BCUT2D eigenvalue weighted by atomic mass is 79.9. The zero-order chi connectivity index (χ0) is 14.7. The first-order chi connectivity index (χ1) is 9.56. The van der Waals surface area contributed by atoms with Gasteiger partial charge in [0.1, 0.15) is 0 Å². The molecule has 0 fully saturated rings. The monoisotopic (exact) mass is 356 g/mol. The van der Waals surface area contributed by atoms with Gasteiger partial charge in [0.05, 0.1) is 16.8 Å². The number of halogens is 2. The van der Waals surface area contributed by atoms with Gasteiger partial charge in [-0.3, -0.25) is 4.68 Å². The summed E-state index contributed by atoms with van der Waals surface area (Å²) in [5.74, 6) is 0. The zero-order valence-corrected chi connectivity index (χ0v) is 13.9. The molecule has 1 aromatic heterocycles. The molecule has 0 amide bonds. The zero-order valence-electron chi connectivity index (χ0n) is 11.6. The molecule has 0 radical (unpaired) electrons. The summed E-state index contributed by atoms with van der Waals surface area (Å²) in [5.41, 5.74) is 2.82. The van der Waals surface area contributed by atoms with Crippen LogP contribution in [0, 0.1) is 0 Å². The molecule has 1 aromatic carbocycles. The van der Waals surface area contributed by atoms with Crippen LogP contribution in [0.1, 0.15) is 36.9 Å². The van der Waals surface area contributed by atoms with Crippen LogP contribution in [-0.4, -0.2) is 14.9 Å². The Hall–Kier alpha value is -0.840. The van der Waals surface area contributed by atoms with Gasteiger partial charge >= 0.3 is 0 Å². The van der Waals surface area contributed by atoms with Gasteiger partial charge in [-0.1, -0.05) is 30.7 Å². The topological polar surface area (TPSA) is 38.0 Å². The Kier molecular flexibility index (Phi) is 5.24. The van der Waals surface area contributed by atoms with Crippen molar-refractivity contribution >= 4 is 27.5 Å². The number of aryl methyl sites for hydroxylation is 2. The predicted octanol–water partition coefficient (Wildman–Crippen LogP) is 4.16. The van der Waals surface area contributed by atoms with Gasteiger partial charge in [0.25, 0.3) is 0 Å². The highest BCUT2D eigenvalue weighted by molar-refractivity contribution is 9.10. The van der Waals surface area contributed by atoms with E-state index in [0.717, 1.165) is 34.4 Å². The molecule has 2 aromatic rings. The Morgan fingerprint density at radius 1 is 1.40 bits per heavy atom. The van der Waals surface area contributed by atoms with Crippen LogP contribution in [0.3, 0.4) is 0 Å². The fourth-order valence-electron chi connectivity index (χ4n) is 2.21. The minimum absolute atomic E-state index is 0.511. The maximum Gasteiger partial charge on any atom is 0.0860 e. The van der Waals surface area contributed by atoms with Gasteiger partial charge in [0.2, 0.25) is 0 Å². The van der Waals surface area contributed by atoms with E-state index in [1.165, 1.54) is 0 Å². The highest BCUT2D eigenvalue weighted by Gasteiger charge is 2.16. The van der Waals surface area contributed by atoms with Crippen molar-refractivity contribution in [3.05, 3.63) is 50.7 Å². The fourth-order valence-corrected chi connectivity index (χ4v) is 2.85. The van der Waals surface area contributed by atoms with Crippen molar-refractivity contribution in [3.8, 4) is 0 Å². The second-order valence-electron chi connectivity index (χ2n) is 4.66. The molecule has 0 saturated carbocycles. The van der Waals surface area contributed by atoms with E-state index in [1.54, 1.807) is 0 Å². The van der Waals surface area contributed by atoms with Crippen molar-refractivity contribution in [1.82, 2.24) is 9.78 Å². The second kappa shape index (κ2) is 6.74. The summed E-state index contributed by atoms with van der Waals surface area (Å²) in [6.45, 7) is 4.93. The molecule has 0 spiro atoms. The molecule has 3 nitrogen and oxygen atoms in total. The molecule has 108 valence electrons. The molecule has 1 N–H and O–H groups in total. The smallest absolute Gasteiger partial charge is 0.0860 e. The fraction of sp³-hybridized carbons (Fsp3) is 0.400. The summed E-state index contributed by atoms with van der Waals surface area (Å²) in [4.78, 5) is 0. The Balaban J connectivity index is 2.25. The van der Waals surface area contributed by atoms with E-state index in [4.69, 9.17) is 11.6 Å². The number of aromatic nitrogens is 2. The lowest BCUT2D eigenvalue weighted by atomic mass is 10.0. The average Bonchev–Trinajstić information content (AvgIpc) is 2.84. The van der Waals surface area contributed by atoms with Crippen LogP contribution in [0.15, 0.2) is 28.7 Å². The molecule has 0 aliphatic heterocycles. The van der Waals surface area contributed by atoms with E-state index in [1.807, 2.05) is 22.9 Å². The molecule has 0 aliphatic carbocycles. The minimum Gasteiger partial charge on any atom is -0.388 e. The van der Waals surface area contributed by atoms with Gasteiger partial charge in [-0.25, -0.2) is 0 Å². The molecule has 2 rings (SSSR count). The van der Waals surface area contributed by atoms with Crippen molar-refractivity contribution < 1.29 is 5.11 Å². The lowest BCUT2D eigenvalue weighted by Gasteiger charge is -2.14. The van der Waals surface area contributed by atoms with Crippen LogP contribution in [-0.2, 0) is 19.4 Å². The summed E-state index contributed by atoms with van der Waals surface area (Å²) in [7, 11) is 0. The van der Waals surface area contributed by atoms with Crippen molar-refractivity contribution in [2.45, 2.75) is 39.3 Å². The molecule has 20 heavy (non-hydrogen) atoms. The number of rotatable bonds is 5. The van der Waals surface area contributed by atoms with E-state index >= 15 is 0 Å². The van der Waals surface area contributed by atoms with Crippen LogP contribution >= 0.6 is 27.5 Å². The van der Waals surface area contributed by atoms with E-state index in [0.29, 0.717) is 11.4 Å². The maximum absolute atomic E-state index is 10.4. The number of aliphatic hydroxyl groups is 1. The third-order valence-corrected chi connectivity index (χ3v) is 4.63. The standard InChI is InChI=1S/C15H18BrClN2O/c1-3-10-8-11(19(4-2)18-10)9-14(20)12-6-5-7-13(16)15(12)17/h5-8,14,20H,3-4,9H2,1-2H3. The third-order valence-electron chi connectivity index (χ3n) is 3.32. The van der Waals surface area contributed by atoms with Gasteiger partial charge in [-0.05, 0) is 41.4 Å². The van der Waals surface area contributed by atoms with E-state index in [9.17, 15) is 5.11 Å². The minimum atomic E-state index is -0.633. The molecular formula is C15H18BrClN2O. The molecule has 0 bridgehead atoms. The lowest BCUT2D eigenvalue weighted by molar-refractivity contribution is 0.175. The van der Waals surface area contributed by atoms with Gasteiger partial charge in [0, 0.05) is 28.7 Å². The Labute approximate surface area is 132 Å². The van der Waals surface area contributed by atoms with E-state index < -0.39 is 6.10 Å². The third kappa shape index (κ3) is 3.25. The number of nitrogens with zero attached hydrogens (tertiary/aromatic N) is 2. The quantitative estimate of drug-likeness (QED) is 0.872. The molecule has 0 aliphatic rings. The van der Waals surface area contributed by atoms with Crippen molar-refractivity contribution in [1.29, 1.82) is 0 Å². The van der Waals surface area contributed by atoms with Crippen LogP contribution < -0.4 is 0 Å². The van der Waals surface area contributed by atoms with Crippen LogP contribution in [0.5, 0.6) is 0 Å². The predicted molar refractivity (Wildman–Crippen MR) is 85.1 cm³/mol. The summed E-state index contributed by atoms with van der Waals surface area (Å²) >= 11 is 9.61. The summed E-state index contributed by atoms with van der Waals surface area (Å²) < 4.78 is 2.74. The normalized spacial score (nSPS) is 12.7. The van der Waals surface area contributed by atoms with Crippen LogP contribution in [0.4, 0.5) is 0 Å². The lowest BCUT2D eigenvalue weighted by Crippen LogP contribution is -2.09. The summed E-state index contributed by atoms with van der Waals surface area (Å²) in [5, 5.41) is 15.5. The molecule has 1 atom stereocenters. The summed E-state index contributed by atoms with van der Waals surface area (Å²) in [6, 6.07) is 7.65. The SMILES string of the molecule is CCc1cc(CC(O)c2cccc(Br)c2Cl)n(CC)n1. The molecule has 5 heteroatoms. The first-order valence-electron chi connectivity index (χ1n) is 6.74. The van der Waals surface area contributed by atoms with Gasteiger partial charge in [-0.15, -0.1) is 0 Å². The molecule has 0 saturated heterocycles. The molecule has 1 unspecified atom stereocenters.